The first-order valence-electron chi connectivity index (χ1n) is 13.1. The first-order chi connectivity index (χ1) is 17.7. The summed E-state index contributed by atoms with van der Waals surface area (Å²) in [5.41, 5.74) is 3.17. The number of esters is 1. The van der Waals surface area contributed by atoms with Crippen molar-refractivity contribution in [3.8, 4) is 5.75 Å². The van der Waals surface area contributed by atoms with E-state index in [1.54, 1.807) is 11.4 Å². The SMILES string of the molecule is C=C(CN1CC[C@]23c4c5cccc4O[C@H]2[C@@H](N(C)S(=O)(=O)Cc2ccccc2)CC[C@H]3[C@H]1C5)OC(C)=O. The molecule has 0 unspecified atom stereocenters. The molecule has 196 valence electrons. The monoisotopic (exact) mass is 522 g/mol. The molecule has 1 saturated carbocycles. The van der Waals surface area contributed by atoms with Crippen molar-refractivity contribution in [2.45, 2.75) is 62.0 Å². The van der Waals surface area contributed by atoms with Crippen LogP contribution in [0.25, 0.3) is 0 Å². The maximum absolute atomic E-state index is 13.6. The van der Waals surface area contributed by atoms with Crippen LogP contribution in [0.2, 0.25) is 0 Å². The molecule has 2 fully saturated rings. The Kier molecular flexibility index (Phi) is 5.97. The standard InChI is InChI=1S/C29H34N2O5S/c1-19(35-20(2)32)17-31-15-14-29-23-12-13-24(30(3)37(33,34)18-21-8-5-4-6-9-21)28(29)36-26-11-7-10-22(27(26)29)16-25(23)31/h4-11,23-25,28H,1,12-18H2,2-3H3/t23-,24-,25+,28-,29-/m0/s1. The van der Waals surface area contributed by atoms with E-state index in [9.17, 15) is 13.2 Å². The number of likely N-dealkylation sites (N-methyl/N-ethyl adjacent to an activating group) is 1. The average Bonchev–Trinajstić information content (AvgIpc) is 3.19. The molecule has 2 bridgehead atoms. The summed E-state index contributed by atoms with van der Waals surface area (Å²) < 4.78 is 40.7. The number of sulfonamides is 1. The molecule has 2 aliphatic heterocycles. The number of hydrogen-bond acceptors (Lipinski definition) is 6. The third-order valence-electron chi connectivity index (χ3n) is 9.06. The summed E-state index contributed by atoms with van der Waals surface area (Å²) in [4.78, 5) is 13.9. The molecule has 8 heteroatoms. The molecule has 0 N–H and O–H groups in total. The van der Waals surface area contributed by atoms with Crippen LogP contribution in [0.5, 0.6) is 5.75 Å². The molecular weight excluding hydrogens is 488 g/mol. The predicted octanol–water partition coefficient (Wildman–Crippen LogP) is 3.63. The van der Waals surface area contributed by atoms with E-state index in [2.05, 4.69) is 17.5 Å². The molecule has 1 spiro atoms. The highest BCUT2D eigenvalue weighted by atomic mass is 32.2. The van der Waals surface area contributed by atoms with Gasteiger partial charge in [0.1, 0.15) is 17.6 Å². The van der Waals surface area contributed by atoms with E-state index in [-0.39, 0.29) is 35.3 Å². The first-order valence-corrected chi connectivity index (χ1v) is 14.7. The topological polar surface area (TPSA) is 76.2 Å². The van der Waals surface area contributed by atoms with Gasteiger partial charge in [-0.15, -0.1) is 0 Å². The van der Waals surface area contributed by atoms with Gasteiger partial charge >= 0.3 is 5.97 Å². The van der Waals surface area contributed by atoms with Crippen LogP contribution in [-0.4, -0.2) is 61.9 Å². The summed E-state index contributed by atoms with van der Waals surface area (Å²) in [5, 5.41) is 0. The Hall–Kier alpha value is -2.68. The van der Waals surface area contributed by atoms with Crippen molar-refractivity contribution in [1.29, 1.82) is 0 Å². The van der Waals surface area contributed by atoms with Crippen LogP contribution in [0.3, 0.4) is 0 Å². The Morgan fingerprint density at radius 2 is 1.97 bits per heavy atom. The minimum absolute atomic E-state index is 0.0170. The first kappa shape index (κ1) is 24.6. The molecule has 2 aromatic carbocycles. The number of hydrogen-bond donors (Lipinski definition) is 0. The maximum atomic E-state index is 13.6. The second-order valence-corrected chi connectivity index (χ2v) is 13.0. The second-order valence-electron chi connectivity index (χ2n) is 11.0. The van der Waals surface area contributed by atoms with E-state index in [0.29, 0.717) is 18.2 Å². The molecular formula is C29H34N2O5S. The fourth-order valence-corrected chi connectivity index (χ4v) is 9.14. The van der Waals surface area contributed by atoms with Crippen LogP contribution < -0.4 is 4.74 Å². The predicted molar refractivity (Wildman–Crippen MR) is 140 cm³/mol. The molecule has 6 rings (SSSR count). The summed E-state index contributed by atoms with van der Waals surface area (Å²) in [5.74, 6) is 1.37. The summed E-state index contributed by atoms with van der Waals surface area (Å²) in [7, 11) is -1.81. The van der Waals surface area contributed by atoms with Gasteiger partial charge in [-0.2, -0.15) is 4.31 Å². The molecule has 37 heavy (non-hydrogen) atoms. The molecule has 0 radical (unpaired) electrons. The van der Waals surface area contributed by atoms with Crippen molar-refractivity contribution in [1.82, 2.24) is 9.21 Å². The molecule has 1 saturated heterocycles. The average molecular weight is 523 g/mol. The van der Waals surface area contributed by atoms with Gasteiger partial charge in [-0.1, -0.05) is 49.0 Å². The third-order valence-corrected chi connectivity index (χ3v) is 10.9. The van der Waals surface area contributed by atoms with Gasteiger partial charge < -0.3 is 9.47 Å². The smallest absolute Gasteiger partial charge is 0.307 e. The van der Waals surface area contributed by atoms with Gasteiger partial charge in [-0.25, -0.2) is 8.42 Å². The van der Waals surface area contributed by atoms with Crippen LogP contribution in [0, 0.1) is 5.92 Å². The van der Waals surface area contributed by atoms with Crippen LogP contribution in [0.1, 0.15) is 42.9 Å². The van der Waals surface area contributed by atoms with Crippen LogP contribution >= 0.6 is 0 Å². The summed E-state index contributed by atoms with van der Waals surface area (Å²) in [6.45, 7) is 6.72. The molecule has 5 atom stereocenters. The number of rotatable bonds is 7. The van der Waals surface area contributed by atoms with Crippen molar-refractivity contribution in [2.24, 2.45) is 5.92 Å². The van der Waals surface area contributed by atoms with Gasteiger partial charge in [0.2, 0.25) is 10.0 Å². The van der Waals surface area contributed by atoms with Crippen LogP contribution in [0.4, 0.5) is 0 Å². The lowest BCUT2D eigenvalue weighted by Gasteiger charge is -2.60. The Morgan fingerprint density at radius 3 is 2.73 bits per heavy atom. The lowest BCUT2D eigenvalue weighted by molar-refractivity contribution is -0.137. The minimum Gasteiger partial charge on any atom is -0.487 e. The lowest BCUT2D eigenvalue weighted by Crippen LogP contribution is -2.69. The number of ether oxygens (including phenoxy) is 2. The number of carbonyl (C=O) groups is 1. The van der Waals surface area contributed by atoms with E-state index in [0.717, 1.165) is 43.5 Å². The highest BCUT2D eigenvalue weighted by Gasteiger charge is 2.66. The van der Waals surface area contributed by atoms with Crippen LogP contribution in [0.15, 0.2) is 60.9 Å². The lowest BCUT2D eigenvalue weighted by atomic mass is 9.51. The van der Waals surface area contributed by atoms with Crippen molar-refractivity contribution in [2.75, 3.05) is 20.1 Å². The maximum Gasteiger partial charge on any atom is 0.307 e. The Morgan fingerprint density at radius 1 is 1.19 bits per heavy atom. The minimum atomic E-state index is -3.53. The number of carbonyl (C=O) groups excluding carboxylic acids is 1. The Labute approximate surface area is 219 Å². The van der Waals surface area contributed by atoms with E-state index in [4.69, 9.17) is 9.47 Å². The van der Waals surface area contributed by atoms with E-state index < -0.39 is 10.0 Å². The highest BCUT2D eigenvalue weighted by Crippen LogP contribution is 2.62. The number of benzene rings is 2. The van der Waals surface area contributed by atoms with E-state index >= 15 is 0 Å². The van der Waals surface area contributed by atoms with Gasteiger partial charge in [-0.05, 0) is 55.3 Å². The Balaban J connectivity index is 1.33. The zero-order valence-electron chi connectivity index (χ0n) is 21.4. The number of piperidine rings is 1. The Bertz CT molecular complexity index is 1340. The van der Waals surface area contributed by atoms with Crippen molar-refractivity contribution >= 4 is 16.0 Å². The number of likely N-dealkylation sites (tertiary alicyclic amines) is 1. The zero-order valence-corrected chi connectivity index (χ0v) is 22.2. The van der Waals surface area contributed by atoms with Crippen molar-refractivity contribution in [3.63, 3.8) is 0 Å². The van der Waals surface area contributed by atoms with Gasteiger partial charge in [0.05, 0.1) is 18.3 Å². The third kappa shape index (κ3) is 3.92. The fourth-order valence-electron chi connectivity index (χ4n) is 7.69. The van der Waals surface area contributed by atoms with Gasteiger partial charge in [0, 0.05) is 31.0 Å². The second kappa shape index (κ2) is 8.96. The van der Waals surface area contributed by atoms with Crippen molar-refractivity contribution < 1.29 is 22.7 Å². The quantitative estimate of drug-likeness (QED) is 0.408. The number of nitrogens with zero attached hydrogens (tertiary/aromatic N) is 2. The normalized spacial score (nSPS) is 29.9. The summed E-state index contributed by atoms with van der Waals surface area (Å²) in [6, 6.07) is 15.7. The zero-order chi connectivity index (χ0) is 25.9. The molecule has 2 aliphatic carbocycles. The molecule has 4 aliphatic rings. The summed E-state index contributed by atoms with van der Waals surface area (Å²) >= 11 is 0. The van der Waals surface area contributed by atoms with E-state index in [1.807, 2.05) is 42.5 Å². The highest BCUT2D eigenvalue weighted by molar-refractivity contribution is 7.88. The van der Waals surface area contributed by atoms with E-state index in [1.165, 1.54) is 18.1 Å². The molecule has 7 nitrogen and oxygen atoms in total. The molecule has 2 aromatic rings. The molecule has 0 amide bonds. The molecule has 0 aromatic heterocycles. The van der Waals surface area contributed by atoms with Crippen molar-refractivity contribution in [3.05, 3.63) is 77.6 Å². The van der Waals surface area contributed by atoms with Crippen LogP contribution in [-0.2, 0) is 37.1 Å². The largest absolute Gasteiger partial charge is 0.487 e. The fraction of sp³-hybridized carbons (Fsp3) is 0.483. The van der Waals surface area contributed by atoms with Gasteiger partial charge in [0.25, 0.3) is 0 Å². The molecule has 2 heterocycles. The van der Waals surface area contributed by atoms with Gasteiger partial charge in [0.15, 0.2) is 0 Å². The summed E-state index contributed by atoms with van der Waals surface area (Å²) in [6.07, 6.45) is 3.23. The van der Waals surface area contributed by atoms with Gasteiger partial charge in [-0.3, -0.25) is 9.69 Å².